The number of rotatable bonds is 5. The van der Waals surface area contributed by atoms with Crippen molar-refractivity contribution in [2.45, 2.75) is 13.0 Å². The number of hydrogen-bond acceptors (Lipinski definition) is 5. The molecule has 0 spiro atoms. The lowest BCUT2D eigenvalue weighted by Gasteiger charge is -2.15. The minimum Gasteiger partial charge on any atom is -0.340 e. The molecule has 0 saturated heterocycles. The van der Waals surface area contributed by atoms with Gasteiger partial charge in [0.25, 0.3) is 0 Å². The number of hydrogen-bond donors (Lipinski definition) is 0. The molecule has 3 aromatic rings. The lowest BCUT2D eigenvalue weighted by atomic mass is 10.3. The van der Waals surface area contributed by atoms with Crippen molar-refractivity contribution in [3.63, 3.8) is 0 Å². The Bertz CT molecular complexity index is 801. The smallest absolute Gasteiger partial charge is 0.228 e. The number of pyridine rings is 1. The Morgan fingerprint density at radius 2 is 2.17 bits per heavy atom. The predicted octanol–water partition coefficient (Wildman–Crippen LogP) is 4.23. The van der Waals surface area contributed by atoms with E-state index in [1.165, 1.54) is 11.3 Å². The van der Waals surface area contributed by atoms with E-state index in [-0.39, 0.29) is 5.91 Å². The fourth-order valence-electron chi connectivity index (χ4n) is 2.04. The van der Waals surface area contributed by atoms with Crippen LogP contribution in [0.15, 0.2) is 45.7 Å². The van der Waals surface area contributed by atoms with Gasteiger partial charge in [0.05, 0.1) is 28.1 Å². The van der Waals surface area contributed by atoms with Gasteiger partial charge in [0, 0.05) is 23.5 Å². The number of amides is 1. The predicted molar refractivity (Wildman–Crippen MR) is 97.5 cm³/mol. The van der Waals surface area contributed by atoms with Crippen LogP contribution in [0.3, 0.4) is 0 Å². The van der Waals surface area contributed by atoms with E-state index in [1.54, 1.807) is 22.4 Å². The second-order valence-electron chi connectivity index (χ2n) is 4.99. The molecule has 0 aromatic carbocycles. The molecule has 0 radical (unpaired) electrons. The van der Waals surface area contributed by atoms with E-state index >= 15 is 0 Å². The number of thiazole rings is 1. The molecule has 7 heteroatoms. The van der Waals surface area contributed by atoms with Gasteiger partial charge in [0.1, 0.15) is 5.01 Å². The summed E-state index contributed by atoms with van der Waals surface area (Å²) >= 11 is 6.60. The van der Waals surface area contributed by atoms with Crippen molar-refractivity contribution in [1.82, 2.24) is 14.9 Å². The summed E-state index contributed by atoms with van der Waals surface area (Å²) in [5, 5.41) is 2.77. The van der Waals surface area contributed by atoms with E-state index < -0.39 is 0 Å². The molecule has 3 heterocycles. The molecule has 0 unspecified atom stereocenters. The van der Waals surface area contributed by atoms with Crippen molar-refractivity contribution in [1.29, 1.82) is 0 Å². The van der Waals surface area contributed by atoms with E-state index in [2.05, 4.69) is 25.9 Å². The van der Waals surface area contributed by atoms with Crippen LogP contribution >= 0.6 is 38.6 Å². The third kappa shape index (κ3) is 4.25. The molecule has 1 amide bonds. The van der Waals surface area contributed by atoms with Gasteiger partial charge in [0.2, 0.25) is 5.91 Å². The Kier molecular flexibility index (Phi) is 5.20. The monoisotopic (exact) mass is 407 g/mol. The lowest BCUT2D eigenvalue weighted by Crippen LogP contribution is -2.27. The average molecular weight is 408 g/mol. The molecule has 23 heavy (non-hydrogen) atoms. The molecule has 118 valence electrons. The zero-order valence-corrected chi connectivity index (χ0v) is 15.6. The van der Waals surface area contributed by atoms with Gasteiger partial charge in [-0.1, -0.05) is 6.07 Å². The summed E-state index contributed by atoms with van der Waals surface area (Å²) in [6.07, 6.45) is 2.06. The normalized spacial score (nSPS) is 10.7. The van der Waals surface area contributed by atoms with E-state index in [1.807, 2.05) is 42.8 Å². The minimum absolute atomic E-state index is 0.0624. The van der Waals surface area contributed by atoms with E-state index in [0.717, 1.165) is 25.1 Å². The molecule has 3 rings (SSSR count). The fraction of sp³-hybridized carbons (Fsp3) is 0.188. The molecule has 3 aromatic heterocycles. The van der Waals surface area contributed by atoms with Crippen molar-refractivity contribution in [3.8, 4) is 10.7 Å². The Balaban J connectivity index is 1.63. The maximum Gasteiger partial charge on any atom is 0.228 e. The highest BCUT2D eigenvalue weighted by Crippen LogP contribution is 2.24. The molecule has 0 fully saturated rings. The summed E-state index contributed by atoms with van der Waals surface area (Å²) in [6.45, 7) is 0.617. The van der Waals surface area contributed by atoms with Crippen LogP contribution in [0.5, 0.6) is 0 Å². The van der Waals surface area contributed by atoms with Crippen LogP contribution in [-0.4, -0.2) is 27.8 Å². The van der Waals surface area contributed by atoms with Gasteiger partial charge in [-0.15, -0.1) is 22.7 Å². The number of halogens is 1. The highest BCUT2D eigenvalue weighted by Gasteiger charge is 2.14. The molecule has 0 N–H and O–H groups in total. The zero-order chi connectivity index (χ0) is 16.2. The molecule has 0 aliphatic heterocycles. The summed E-state index contributed by atoms with van der Waals surface area (Å²) in [4.78, 5) is 24.0. The second-order valence-corrected chi connectivity index (χ2v) is 8.40. The number of thiophene rings is 1. The average Bonchev–Trinajstić information content (AvgIpc) is 3.17. The van der Waals surface area contributed by atoms with Crippen LogP contribution in [0.2, 0.25) is 0 Å². The van der Waals surface area contributed by atoms with Crippen LogP contribution in [-0.2, 0) is 17.8 Å². The number of aromatic nitrogens is 2. The van der Waals surface area contributed by atoms with Crippen LogP contribution in [0, 0.1) is 0 Å². The fourth-order valence-corrected chi connectivity index (χ4v) is 4.38. The van der Waals surface area contributed by atoms with Gasteiger partial charge < -0.3 is 4.90 Å². The van der Waals surface area contributed by atoms with Crippen molar-refractivity contribution in [2.75, 3.05) is 7.05 Å². The molecule has 4 nitrogen and oxygen atoms in total. The van der Waals surface area contributed by atoms with E-state index in [0.29, 0.717) is 13.0 Å². The van der Waals surface area contributed by atoms with Crippen LogP contribution in [0.25, 0.3) is 10.7 Å². The van der Waals surface area contributed by atoms with Gasteiger partial charge in [-0.05, 0) is 40.2 Å². The quantitative estimate of drug-likeness (QED) is 0.635. The zero-order valence-electron chi connectivity index (χ0n) is 12.4. The van der Waals surface area contributed by atoms with Crippen LogP contribution in [0.4, 0.5) is 0 Å². The van der Waals surface area contributed by atoms with Crippen molar-refractivity contribution in [2.24, 2.45) is 0 Å². The largest absolute Gasteiger partial charge is 0.340 e. The number of carbonyl (C=O) groups is 1. The maximum atomic E-state index is 12.3. The van der Waals surface area contributed by atoms with Crippen molar-refractivity contribution >= 4 is 44.5 Å². The first-order chi connectivity index (χ1) is 11.1. The Morgan fingerprint density at radius 1 is 1.30 bits per heavy atom. The molecular formula is C16H14BrN3OS2. The molecule has 0 atom stereocenters. The van der Waals surface area contributed by atoms with E-state index in [4.69, 9.17) is 0 Å². The van der Waals surface area contributed by atoms with Gasteiger partial charge in [-0.3, -0.25) is 9.78 Å². The number of nitrogens with zero attached hydrogens (tertiary/aromatic N) is 3. The molecule has 0 aliphatic rings. The first-order valence-electron chi connectivity index (χ1n) is 6.96. The summed E-state index contributed by atoms with van der Waals surface area (Å²) in [7, 11) is 1.82. The third-order valence-corrected chi connectivity index (χ3v) is 5.74. The maximum absolute atomic E-state index is 12.3. The Labute approximate surface area is 151 Å². The number of carbonyl (C=O) groups excluding carboxylic acids is 1. The van der Waals surface area contributed by atoms with Gasteiger partial charge in [-0.25, -0.2) is 4.98 Å². The second kappa shape index (κ2) is 7.33. The minimum atomic E-state index is 0.0624. The van der Waals surface area contributed by atoms with Crippen molar-refractivity contribution < 1.29 is 4.79 Å². The molecule has 0 saturated carbocycles. The highest BCUT2D eigenvalue weighted by molar-refractivity contribution is 9.11. The first-order valence-corrected chi connectivity index (χ1v) is 9.45. The van der Waals surface area contributed by atoms with Gasteiger partial charge in [0.15, 0.2) is 0 Å². The van der Waals surface area contributed by atoms with Crippen LogP contribution < -0.4 is 0 Å². The summed E-state index contributed by atoms with van der Waals surface area (Å²) in [5.41, 5.74) is 1.63. The SMILES string of the molecule is CN(Cc1ccc(Br)s1)C(=O)Cc1csc(-c2ccccn2)n1. The lowest BCUT2D eigenvalue weighted by molar-refractivity contribution is -0.129. The summed E-state index contributed by atoms with van der Waals surface area (Å²) < 4.78 is 1.08. The highest BCUT2D eigenvalue weighted by atomic mass is 79.9. The molecule has 0 bridgehead atoms. The van der Waals surface area contributed by atoms with E-state index in [9.17, 15) is 4.79 Å². The molecular weight excluding hydrogens is 394 g/mol. The summed E-state index contributed by atoms with van der Waals surface area (Å²) in [5.74, 6) is 0.0624. The van der Waals surface area contributed by atoms with Gasteiger partial charge in [-0.2, -0.15) is 0 Å². The molecule has 0 aliphatic carbocycles. The van der Waals surface area contributed by atoms with Crippen molar-refractivity contribution in [3.05, 3.63) is 56.3 Å². The Morgan fingerprint density at radius 3 is 2.87 bits per heavy atom. The standard InChI is InChI=1S/C16H14BrN3OS2/c1-20(9-12-5-6-14(17)23-12)15(21)8-11-10-22-16(19-11)13-4-2-3-7-18-13/h2-7,10H,8-9H2,1H3. The first kappa shape index (κ1) is 16.3. The Hall–Kier alpha value is -1.57. The number of likely N-dealkylation sites (N-methyl/N-ethyl adjacent to an activating group) is 1. The topological polar surface area (TPSA) is 46.1 Å². The summed E-state index contributed by atoms with van der Waals surface area (Å²) in [6, 6.07) is 9.75. The van der Waals surface area contributed by atoms with Crippen LogP contribution in [0.1, 0.15) is 10.6 Å². The third-order valence-electron chi connectivity index (χ3n) is 3.22. The van der Waals surface area contributed by atoms with Gasteiger partial charge >= 0.3 is 0 Å².